The second kappa shape index (κ2) is 7.05. The van der Waals surface area contributed by atoms with Crippen molar-refractivity contribution in [2.75, 3.05) is 11.4 Å². The van der Waals surface area contributed by atoms with Gasteiger partial charge in [0.25, 0.3) is 0 Å². The maximum absolute atomic E-state index is 5.96. The maximum atomic E-state index is 5.96. The summed E-state index contributed by atoms with van der Waals surface area (Å²) >= 11 is 3.62. The standard InChI is InChI=1S/C17H22BrN3/c1-4-21(11-14-7-5-6-12(2)20-14)15-8-9-16(13(3)19)17(18)10-15/h5-10,13H,4,11,19H2,1-3H3. The largest absolute Gasteiger partial charge is 0.366 e. The van der Waals surface area contributed by atoms with Crippen molar-refractivity contribution >= 4 is 21.6 Å². The van der Waals surface area contributed by atoms with Gasteiger partial charge in [0.05, 0.1) is 12.2 Å². The van der Waals surface area contributed by atoms with Gasteiger partial charge in [-0.05, 0) is 50.6 Å². The number of aryl methyl sites for hydroxylation is 1. The van der Waals surface area contributed by atoms with Gasteiger partial charge in [0, 0.05) is 28.4 Å². The Kier molecular flexibility index (Phi) is 5.37. The first kappa shape index (κ1) is 16.0. The van der Waals surface area contributed by atoms with Crippen LogP contribution in [0.3, 0.4) is 0 Å². The van der Waals surface area contributed by atoms with Gasteiger partial charge in [-0.3, -0.25) is 4.98 Å². The Morgan fingerprint density at radius 1 is 1.29 bits per heavy atom. The highest BCUT2D eigenvalue weighted by Gasteiger charge is 2.10. The lowest BCUT2D eigenvalue weighted by Gasteiger charge is -2.24. The summed E-state index contributed by atoms with van der Waals surface area (Å²) in [6, 6.07) is 12.5. The van der Waals surface area contributed by atoms with Crippen molar-refractivity contribution < 1.29 is 0 Å². The number of hydrogen-bond acceptors (Lipinski definition) is 3. The van der Waals surface area contributed by atoms with Crippen LogP contribution in [0.4, 0.5) is 5.69 Å². The van der Waals surface area contributed by atoms with E-state index in [0.29, 0.717) is 0 Å². The molecule has 0 amide bonds. The number of halogens is 1. The molecule has 0 radical (unpaired) electrons. The molecule has 1 aromatic heterocycles. The fraction of sp³-hybridized carbons (Fsp3) is 0.353. The van der Waals surface area contributed by atoms with Crippen molar-refractivity contribution in [2.24, 2.45) is 5.73 Å². The number of nitrogens with two attached hydrogens (primary N) is 1. The monoisotopic (exact) mass is 347 g/mol. The van der Waals surface area contributed by atoms with E-state index in [1.54, 1.807) is 0 Å². The van der Waals surface area contributed by atoms with Crippen LogP contribution in [0.1, 0.15) is 36.8 Å². The second-order valence-electron chi connectivity index (χ2n) is 5.28. The SMILES string of the molecule is CCN(Cc1cccc(C)n1)c1ccc(C(C)N)c(Br)c1. The summed E-state index contributed by atoms with van der Waals surface area (Å²) in [5.74, 6) is 0. The molecule has 2 aromatic rings. The molecule has 3 nitrogen and oxygen atoms in total. The minimum Gasteiger partial charge on any atom is -0.366 e. The number of aromatic nitrogens is 1. The van der Waals surface area contributed by atoms with E-state index >= 15 is 0 Å². The zero-order chi connectivity index (χ0) is 15.4. The topological polar surface area (TPSA) is 42.2 Å². The highest BCUT2D eigenvalue weighted by atomic mass is 79.9. The molecule has 0 fully saturated rings. The van der Waals surface area contributed by atoms with Gasteiger partial charge in [0.1, 0.15) is 0 Å². The number of nitrogens with zero attached hydrogens (tertiary/aromatic N) is 2. The Hall–Kier alpha value is -1.39. The van der Waals surface area contributed by atoms with E-state index < -0.39 is 0 Å². The van der Waals surface area contributed by atoms with Crippen LogP contribution in [0.25, 0.3) is 0 Å². The van der Waals surface area contributed by atoms with E-state index in [9.17, 15) is 0 Å². The van der Waals surface area contributed by atoms with Crippen LogP contribution in [-0.2, 0) is 6.54 Å². The Balaban J connectivity index is 2.23. The van der Waals surface area contributed by atoms with Crippen molar-refractivity contribution in [3.8, 4) is 0 Å². The third kappa shape index (κ3) is 4.05. The lowest BCUT2D eigenvalue weighted by Crippen LogP contribution is -2.23. The smallest absolute Gasteiger partial charge is 0.0602 e. The average molecular weight is 348 g/mol. The van der Waals surface area contributed by atoms with Crippen LogP contribution < -0.4 is 10.6 Å². The van der Waals surface area contributed by atoms with Gasteiger partial charge in [-0.15, -0.1) is 0 Å². The fourth-order valence-corrected chi connectivity index (χ4v) is 3.08. The average Bonchev–Trinajstić information content (AvgIpc) is 2.44. The van der Waals surface area contributed by atoms with E-state index in [1.807, 2.05) is 19.9 Å². The Labute approximate surface area is 135 Å². The van der Waals surface area contributed by atoms with Gasteiger partial charge in [-0.25, -0.2) is 0 Å². The fourth-order valence-electron chi connectivity index (χ4n) is 2.35. The minimum absolute atomic E-state index is 0.0296. The minimum atomic E-state index is 0.0296. The Bertz CT molecular complexity index is 611. The molecule has 2 N–H and O–H groups in total. The van der Waals surface area contributed by atoms with Gasteiger partial charge in [-0.2, -0.15) is 0 Å². The number of hydrogen-bond donors (Lipinski definition) is 1. The summed E-state index contributed by atoms with van der Waals surface area (Å²) in [6.07, 6.45) is 0. The van der Waals surface area contributed by atoms with Gasteiger partial charge >= 0.3 is 0 Å². The Morgan fingerprint density at radius 3 is 2.62 bits per heavy atom. The van der Waals surface area contributed by atoms with E-state index in [2.05, 4.69) is 63.1 Å². The summed E-state index contributed by atoms with van der Waals surface area (Å²) in [6.45, 7) is 7.91. The molecule has 2 rings (SSSR count). The molecule has 21 heavy (non-hydrogen) atoms. The Morgan fingerprint density at radius 2 is 2.05 bits per heavy atom. The lowest BCUT2D eigenvalue weighted by molar-refractivity contribution is 0.795. The molecule has 0 spiro atoms. The number of pyridine rings is 1. The highest BCUT2D eigenvalue weighted by Crippen LogP contribution is 2.28. The molecule has 1 atom stereocenters. The summed E-state index contributed by atoms with van der Waals surface area (Å²) in [5, 5.41) is 0. The quantitative estimate of drug-likeness (QED) is 0.881. The predicted octanol–water partition coefficient (Wildman–Crippen LogP) is 4.20. The molecule has 0 aliphatic rings. The first-order valence-electron chi connectivity index (χ1n) is 7.23. The summed E-state index contributed by atoms with van der Waals surface area (Å²) in [4.78, 5) is 6.88. The molecule has 1 unspecified atom stereocenters. The van der Waals surface area contributed by atoms with Crippen molar-refractivity contribution in [3.63, 3.8) is 0 Å². The molecule has 1 aromatic carbocycles. The van der Waals surface area contributed by atoms with E-state index in [4.69, 9.17) is 5.73 Å². The van der Waals surface area contributed by atoms with Crippen molar-refractivity contribution in [2.45, 2.75) is 33.4 Å². The second-order valence-corrected chi connectivity index (χ2v) is 6.13. The lowest BCUT2D eigenvalue weighted by atomic mass is 10.1. The molecule has 0 bridgehead atoms. The van der Waals surface area contributed by atoms with Crippen LogP contribution in [0, 0.1) is 6.92 Å². The molecular weight excluding hydrogens is 326 g/mol. The molecular formula is C17H22BrN3. The molecule has 0 saturated carbocycles. The maximum Gasteiger partial charge on any atom is 0.0602 e. The van der Waals surface area contributed by atoms with Crippen molar-refractivity contribution in [3.05, 3.63) is 57.8 Å². The van der Waals surface area contributed by atoms with Crippen molar-refractivity contribution in [1.82, 2.24) is 4.98 Å². The van der Waals surface area contributed by atoms with E-state index in [1.165, 1.54) is 5.69 Å². The first-order valence-corrected chi connectivity index (χ1v) is 8.03. The normalized spacial score (nSPS) is 12.2. The van der Waals surface area contributed by atoms with Gasteiger partial charge in [-0.1, -0.05) is 28.1 Å². The first-order chi connectivity index (χ1) is 10.0. The number of benzene rings is 1. The molecule has 0 aliphatic carbocycles. The van der Waals surface area contributed by atoms with Crippen LogP contribution in [0.5, 0.6) is 0 Å². The van der Waals surface area contributed by atoms with E-state index in [0.717, 1.165) is 34.5 Å². The third-order valence-corrected chi connectivity index (χ3v) is 4.21. The van der Waals surface area contributed by atoms with Gasteiger partial charge in [0.2, 0.25) is 0 Å². The number of rotatable bonds is 5. The zero-order valence-corrected chi connectivity index (χ0v) is 14.4. The van der Waals surface area contributed by atoms with E-state index in [-0.39, 0.29) is 6.04 Å². The van der Waals surface area contributed by atoms with Gasteiger partial charge < -0.3 is 10.6 Å². The molecule has 4 heteroatoms. The van der Waals surface area contributed by atoms with Crippen molar-refractivity contribution in [1.29, 1.82) is 0 Å². The highest BCUT2D eigenvalue weighted by molar-refractivity contribution is 9.10. The molecule has 0 aliphatic heterocycles. The summed E-state index contributed by atoms with van der Waals surface area (Å²) < 4.78 is 1.06. The predicted molar refractivity (Wildman–Crippen MR) is 92.4 cm³/mol. The molecule has 1 heterocycles. The van der Waals surface area contributed by atoms with Crippen LogP contribution in [0.2, 0.25) is 0 Å². The summed E-state index contributed by atoms with van der Waals surface area (Å²) in [5.41, 5.74) is 10.4. The van der Waals surface area contributed by atoms with Crippen LogP contribution in [-0.4, -0.2) is 11.5 Å². The van der Waals surface area contributed by atoms with Crippen LogP contribution >= 0.6 is 15.9 Å². The zero-order valence-electron chi connectivity index (χ0n) is 12.8. The summed E-state index contributed by atoms with van der Waals surface area (Å²) in [7, 11) is 0. The van der Waals surface area contributed by atoms with Gasteiger partial charge in [0.15, 0.2) is 0 Å². The molecule has 112 valence electrons. The van der Waals surface area contributed by atoms with Crippen LogP contribution in [0.15, 0.2) is 40.9 Å². The third-order valence-electron chi connectivity index (χ3n) is 3.52. The molecule has 0 saturated heterocycles. The number of anilines is 1.